The molecule has 14 heavy (non-hydrogen) atoms. The Morgan fingerprint density at radius 2 is 2.36 bits per heavy atom. The molecule has 0 saturated carbocycles. The molecule has 84 valence electrons. The summed E-state index contributed by atoms with van der Waals surface area (Å²) < 4.78 is 0. The summed E-state index contributed by atoms with van der Waals surface area (Å²) in [5, 5.41) is 12.4. The van der Waals surface area contributed by atoms with Crippen molar-refractivity contribution in [1.29, 1.82) is 0 Å². The maximum atomic E-state index is 8.86. The van der Waals surface area contributed by atoms with Crippen LogP contribution in [0, 0.1) is 5.92 Å². The standard InChI is InChI=1S/C11H23NOS/c1-10(8-13)9-14-7-5-11-4-2-3-6-12-11/h10-13H,2-9H2,1H3. The minimum Gasteiger partial charge on any atom is -0.396 e. The molecule has 3 heteroatoms. The van der Waals surface area contributed by atoms with E-state index in [9.17, 15) is 0 Å². The van der Waals surface area contributed by atoms with Gasteiger partial charge >= 0.3 is 0 Å². The van der Waals surface area contributed by atoms with Crippen LogP contribution in [0.5, 0.6) is 0 Å². The molecule has 0 spiro atoms. The monoisotopic (exact) mass is 217 g/mol. The highest BCUT2D eigenvalue weighted by Crippen LogP contribution is 2.15. The Morgan fingerprint density at radius 1 is 1.50 bits per heavy atom. The van der Waals surface area contributed by atoms with E-state index in [1.165, 1.54) is 38.0 Å². The lowest BCUT2D eigenvalue weighted by atomic mass is 10.0. The predicted octanol–water partition coefficient (Wildman–Crippen LogP) is 1.88. The first-order valence-corrected chi connectivity index (χ1v) is 6.90. The third kappa shape index (κ3) is 5.23. The van der Waals surface area contributed by atoms with Gasteiger partial charge in [-0.05, 0) is 43.2 Å². The zero-order valence-corrected chi connectivity index (χ0v) is 9.98. The lowest BCUT2D eigenvalue weighted by molar-refractivity contribution is 0.250. The van der Waals surface area contributed by atoms with Crippen LogP contribution in [0.2, 0.25) is 0 Å². The molecule has 1 saturated heterocycles. The van der Waals surface area contributed by atoms with Crippen LogP contribution in [0.25, 0.3) is 0 Å². The molecule has 0 aliphatic carbocycles. The quantitative estimate of drug-likeness (QED) is 0.666. The van der Waals surface area contributed by atoms with Crippen molar-refractivity contribution in [3.63, 3.8) is 0 Å². The molecule has 0 aromatic heterocycles. The normalized spacial score (nSPS) is 24.9. The average molecular weight is 217 g/mol. The molecular formula is C11H23NOS. The van der Waals surface area contributed by atoms with Crippen LogP contribution < -0.4 is 5.32 Å². The lowest BCUT2D eigenvalue weighted by Gasteiger charge is -2.23. The second-order valence-corrected chi connectivity index (χ2v) is 5.45. The van der Waals surface area contributed by atoms with Crippen LogP contribution in [-0.2, 0) is 0 Å². The van der Waals surface area contributed by atoms with E-state index in [2.05, 4.69) is 12.2 Å². The highest BCUT2D eigenvalue weighted by Gasteiger charge is 2.11. The van der Waals surface area contributed by atoms with Crippen molar-refractivity contribution >= 4 is 11.8 Å². The first-order chi connectivity index (χ1) is 6.83. The van der Waals surface area contributed by atoms with E-state index >= 15 is 0 Å². The summed E-state index contributed by atoms with van der Waals surface area (Å²) in [6.07, 6.45) is 5.40. The summed E-state index contributed by atoms with van der Waals surface area (Å²) in [6.45, 7) is 3.64. The first kappa shape index (κ1) is 12.3. The van der Waals surface area contributed by atoms with Gasteiger partial charge in [0.2, 0.25) is 0 Å². The molecule has 2 atom stereocenters. The van der Waals surface area contributed by atoms with Gasteiger partial charge in [-0.15, -0.1) is 0 Å². The summed E-state index contributed by atoms with van der Waals surface area (Å²) in [6, 6.07) is 0.765. The Morgan fingerprint density at radius 3 is 3.00 bits per heavy atom. The van der Waals surface area contributed by atoms with E-state index in [0.717, 1.165) is 11.8 Å². The Labute approximate surface area is 91.9 Å². The Bertz CT molecular complexity index is 137. The van der Waals surface area contributed by atoms with Gasteiger partial charge in [0.05, 0.1) is 0 Å². The Balaban J connectivity index is 1.92. The van der Waals surface area contributed by atoms with Crippen LogP contribution in [0.4, 0.5) is 0 Å². The molecule has 1 aliphatic heterocycles. The molecule has 1 rings (SSSR count). The number of nitrogens with one attached hydrogen (secondary N) is 1. The van der Waals surface area contributed by atoms with Crippen LogP contribution in [0.15, 0.2) is 0 Å². The van der Waals surface area contributed by atoms with Gasteiger partial charge in [0.25, 0.3) is 0 Å². The molecule has 0 aromatic rings. The molecule has 0 aromatic carbocycles. The van der Waals surface area contributed by atoms with E-state index in [0.29, 0.717) is 12.5 Å². The molecule has 2 nitrogen and oxygen atoms in total. The summed E-state index contributed by atoms with van der Waals surface area (Å²) >= 11 is 1.98. The Kier molecular flexibility index (Phi) is 6.65. The van der Waals surface area contributed by atoms with Crippen molar-refractivity contribution in [2.45, 2.75) is 38.6 Å². The first-order valence-electron chi connectivity index (χ1n) is 5.75. The van der Waals surface area contributed by atoms with Gasteiger partial charge in [0.1, 0.15) is 0 Å². The van der Waals surface area contributed by atoms with Gasteiger partial charge in [-0.3, -0.25) is 0 Å². The lowest BCUT2D eigenvalue weighted by Crippen LogP contribution is -2.34. The molecule has 0 radical (unpaired) electrons. The topological polar surface area (TPSA) is 32.3 Å². The van der Waals surface area contributed by atoms with Crippen LogP contribution >= 0.6 is 11.8 Å². The molecule has 2 unspecified atom stereocenters. The number of rotatable bonds is 6. The smallest absolute Gasteiger partial charge is 0.0464 e. The number of aliphatic hydroxyl groups excluding tert-OH is 1. The largest absolute Gasteiger partial charge is 0.396 e. The van der Waals surface area contributed by atoms with Gasteiger partial charge in [0, 0.05) is 12.6 Å². The summed E-state index contributed by atoms with van der Waals surface area (Å²) in [7, 11) is 0. The minimum atomic E-state index is 0.328. The molecule has 2 N–H and O–H groups in total. The summed E-state index contributed by atoms with van der Waals surface area (Å²) in [5.41, 5.74) is 0. The van der Waals surface area contributed by atoms with Crippen molar-refractivity contribution in [2.24, 2.45) is 5.92 Å². The molecular weight excluding hydrogens is 194 g/mol. The van der Waals surface area contributed by atoms with Crippen molar-refractivity contribution in [3.05, 3.63) is 0 Å². The maximum Gasteiger partial charge on any atom is 0.0464 e. The van der Waals surface area contributed by atoms with E-state index in [-0.39, 0.29) is 0 Å². The second-order valence-electron chi connectivity index (χ2n) is 4.30. The van der Waals surface area contributed by atoms with Gasteiger partial charge in [0.15, 0.2) is 0 Å². The van der Waals surface area contributed by atoms with Crippen molar-refractivity contribution in [2.75, 3.05) is 24.7 Å². The minimum absolute atomic E-state index is 0.328. The molecule has 0 amide bonds. The SMILES string of the molecule is CC(CO)CSCCC1CCCCN1. The Hall–Kier alpha value is 0.270. The van der Waals surface area contributed by atoms with Crippen molar-refractivity contribution < 1.29 is 5.11 Å². The molecule has 0 bridgehead atoms. The average Bonchev–Trinajstić information content (AvgIpc) is 2.25. The van der Waals surface area contributed by atoms with E-state index < -0.39 is 0 Å². The van der Waals surface area contributed by atoms with Gasteiger partial charge in [-0.2, -0.15) is 11.8 Å². The second kappa shape index (κ2) is 7.55. The fraction of sp³-hybridized carbons (Fsp3) is 1.00. The zero-order chi connectivity index (χ0) is 10.2. The number of hydrogen-bond donors (Lipinski definition) is 2. The number of thioether (sulfide) groups is 1. The van der Waals surface area contributed by atoms with Crippen LogP contribution in [0.1, 0.15) is 32.6 Å². The van der Waals surface area contributed by atoms with E-state index in [1.807, 2.05) is 11.8 Å². The van der Waals surface area contributed by atoms with E-state index in [1.54, 1.807) is 0 Å². The van der Waals surface area contributed by atoms with Gasteiger partial charge in [-0.25, -0.2) is 0 Å². The fourth-order valence-electron chi connectivity index (χ4n) is 1.73. The van der Waals surface area contributed by atoms with Gasteiger partial charge < -0.3 is 10.4 Å². The highest BCUT2D eigenvalue weighted by atomic mass is 32.2. The highest BCUT2D eigenvalue weighted by molar-refractivity contribution is 7.99. The third-order valence-electron chi connectivity index (χ3n) is 2.74. The van der Waals surface area contributed by atoms with E-state index in [4.69, 9.17) is 5.11 Å². The zero-order valence-electron chi connectivity index (χ0n) is 9.17. The van der Waals surface area contributed by atoms with Crippen molar-refractivity contribution in [1.82, 2.24) is 5.32 Å². The summed E-state index contributed by atoms with van der Waals surface area (Å²) in [4.78, 5) is 0. The summed E-state index contributed by atoms with van der Waals surface area (Å²) in [5.74, 6) is 2.80. The molecule has 1 aliphatic rings. The molecule has 1 fully saturated rings. The van der Waals surface area contributed by atoms with Crippen molar-refractivity contribution in [3.8, 4) is 0 Å². The third-order valence-corrected chi connectivity index (χ3v) is 4.07. The number of aliphatic hydroxyl groups is 1. The predicted molar refractivity (Wildman–Crippen MR) is 63.8 cm³/mol. The van der Waals surface area contributed by atoms with Gasteiger partial charge in [-0.1, -0.05) is 13.3 Å². The maximum absolute atomic E-state index is 8.86. The number of hydrogen-bond acceptors (Lipinski definition) is 3. The van der Waals surface area contributed by atoms with Crippen LogP contribution in [0.3, 0.4) is 0 Å². The molecule has 1 heterocycles. The van der Waals surface area contributed by atoms with Crippen LogP contribution in [-0.4, -0.2) is 35.8 Å². The fourth-order valence-corrected chi connectivity index (χ4v) is 2.86. The number of piperidine rings is 1.